The van der Waals surface area contributed by atoms with Crippen LogP contribution in [0.4, 0.5) is 4.39 Å². The SMILES string of the molecule is NCC1CCC(C(=O)NCc2ccc(F)cc2)O1. The zero-order valence-electron chi connectivity index (χ0n) is 10.1. The summed E-state index contributed by atoms with van der Waals surface area (Å²) in [5.41, 5.74) is 6.34. The van der Waals surface area contributed by atoms with Crippen molar-refractivity contribution in [1.29, 1.82) is 0 Å². The van der Waals surface area contributed by atoms with E-state index in [0.717, 1.165) is 12.0 Å². The number of carbonyl (C=O) groups excluding carboxylic acids is 1. The predicted octanol–water partition coefficient (Wildman–Crippen LogP) is 0.948. The molecule has 2 unspecified atom stereocenters. The number of amides is 1. The molecule has 1 amide bonds. The van der Waals surface area contributed by atoms with E-state index in [0.29, 0.717) is 19.5 Å². The van der Waals surface area contributed by atoms with Crippen molar-refractivity contribution < 1.29 is 13.9 Å². The number of halogens is 1. The Morgan fingerprint density at radius 3 is 2.72 bits per heavy atom. The number of ether oxygens (including phenoxy) is 1. The number of hydrogen-bond donors (Lipinski definition) is 2. The van der Waals surface area contributed by atoms with Crippen molar-refractivity contribution in [3.05, 3.63) is 35.6 Å². The molecule has 1 aliphatic heterocycles. The van der Waals surface area contributed by atoms with Crippen molar-refractivity contribution in [1.82, 2.24) is 5.32 Å². The van der Waals surface area contributed by atoms with E-state index < -0.39 is 6.10 Å². The minimum absolute atomic E-state index is 0.00780. The van der Waals surface area contributed by atoms with E-state index in [1.165, 1.54) is 12.1 Å². The Hall–Kier alpha value is -1.46. The van der Waals surface area contributed by atoms with Crippen molar-refractivity contribution in [3.63, 3.8) is 0 Å². The maximum atomic E-state index is 12.7. The van der Waals surface area contributed by atoms with Gasteiger partial charge in [-0.15, -0.1) is 0 Å². The molecule has 1 aromatic carbocycles. The van der Waals surface area contributed by atoms with Crippen molar-refractivity contribution in [2.24, 2.45) is 5.73 Å². The molecular weight excluding hydrogens is 235 g/mol. The summed E-state index contributed by atoms with van der Waals surface area (Å²) in [7, 11) is 0. The first-order valence-electron chi connectivity index (χ1n) is 6.06. The third-order valence-electron chi connectivity index (χ3n) is 3.04. The third-order valence-corrected chi connectivity index (χ3v) is 3.04. The van der Waals surface area contributed by atoms with Gasteiger partial charge in [0, 0.05) is 13.1 Å². The number of nitrogens with two attached hydrogens (primary N) is 1. The highest BCUT2D eigenvalue weighted by molar-refractivity contribution is 5.81. The monoisotopic (exact) mass is 252 g/mol. The van der Waals surface area contributed by atoms with Gasteiger partial charge in [0.25, 0.3) is 0 Å². The number of rotatable bonds is 4. The Balaban J connectivity index is 1.80. The molecule has 5 heteroatoms. The summed E-state index contributed by atoms with van der Waals surface area (Å²) >= 11 is 0. The van der Waals surface area contributed by atoms with Crippen LogP contribution in [0.5, 0.6) is 0 Å². The van der Waals surface area contributed by atoms with E-state index >= 15 is 0 Å². The lowest BCUT2D eigenvalue weighted by Crippen LogP contribution is -2.35. The fraction of sp³-hybridized carbons (Fsp3) is 0.462. The summed E-state index contributed by atoms with van der Waals surface area (Å²) in [6.07, 6.45) is 1.12. The van der Waals surface area contributed by atoms with Gasteiger partial charge in [0.1, 0.15) is 11.9 Å². The van der Waals surface area contributed by atoms with Crippen LogP contribution in [0.2, 0.25) is 0 Å². The second-order valence-electron chi connectivity index (χ2n) is 4.40. The Morgan fingerprint density at radius 2 is 2.11 bits per heavy atom. The van der Waals surface area contributed by atoms with Crippen LogP contribution in [-0.4, -0.2) is 24.7 Å². The quantitative estimate of drug-likeness (QED) is 0.838. The maximum absolute atomic E-state index is 12.7. The average molecular weight is 252 g/mol. The van der Waals surface area contributed by atoms with Gasteiger partial charge in [-0.1, -0.05) is 12.1 Å². The van der Waals surface area contributed by atoms with Gasteiger partial charge in [-0.25, -0.2) is 4.39 Å². The fourth-order valence-corrected chi connectivity index (χ4v) is 1.98. The molecular formula is C13H17FN2O2. The van der Waals surface area contributed by atoms with Crippen LogP contribution in [0.3, 0.4) is 0 Å². The normalized spacial score (nSPS) is 23.0. The lowest BCUT2D eigenvalue weighted by atomic mass is 10.2. The molecule has 3 N–H and O–H groups in total. The molecule has 4 nitrogen and oxygen atoms in total. The summed E-state index contributed by atoms with van der Waals surface area (Å²) in [6.45, 7) is 0.827. The van der Waals surface area contributed by atoms with Crippen LogP contribution in [-0.2, 0) is 16.1 Å². The standard InChI is InChI=1S/C13H17FN2O2/c14-10-3-1-9(2-4-10)8-16-13(17)12-6-5-11(7-15)18-12/h1-4,11-12H,5-8,15H2,(H,16,17). The smallest absolute Gasteiger partial charge is 0.249 e. The van der Waals surface area contributed by atoms with Crippen molar-refractivity contribution >= 4 is 5.91 Å². The molecule has 0 bridgehead atoms. The van der Waals surface area contributed by atoms with Gasteiger partial charge in [-0.3, -0.25) is 4.79 Å². The first-order chi connectivity index (χ1) is 8.69. The minimum atomic E-state index is -0.404. The van der Waals surface area contributed by atoms with Gasteiger partial charge in [0.15, 0.2) is 0 Å². The largest absolute Gasteiger partial charge is 0.364 e. The maximum Gasteiger partial charge on any atom is 0.249 e. The summed E-state index contributed by atoms with van der Waals surface area (Å²) in [5.74, 6) is -0.412. The zero-order valence-corrected chi connectivity index (χ0v) is 10.1. The summed E-state index contributed by atoms with van der Waals surface area (Å²) in [4.78, 5) is 11.8. The Bertz CT molecular complexity index is 408. The molecule has 18 heavy (non-hydrogen) atoms. The summed E-state index contributed by atoms with van der Waals surface area (Å²) in [5, 5.41) is 2.78. The van der Waals surface area contributed by atoms with Crippen molar-refractivity contribution in [2.45, 2.75) is 31.6 Å². The fourth-order valence-electron chi connectivity index (χ4n) is 1.98. The highest BCUT2D eigenvalue weighted by Gasteiger charge is 2.29. The van der Waals surface area contributed by atoms with Crippen LogP contribution in [0.1, 0.15) is 18.4 Å². The molecule has 0 aliphatic carbocycles. The zero-order chi connectivity index (χ0) is 13.0. The number of carbonyl (C=O) groups is 1. The van der Waals surface area contributed by atoms with Crippen LogP contribution in [0.25, 0.3) is 0 Å². The van der Waals surface area contributed by atoms with Crippen LogP contribution in [0.15, 0.2) is 24.3 Å². The van der Waals surface area contributed by atoms with E-state index in [-0.39, 0.29) is 17.8 Å². The van der Waals surface area contributed by atoms with E-state index in [1.54, 1.807) is 12.1 Å². The minimum Gasteiger partial charge on any atom is -0.364 e. The molecule has 0 saturated carbocycles. The molecule has 0 radical (unpaired) electrons. The Kier molecular flexibility index (Phi) is 4.28. The molecule has 98 valence electrons. The molecule has 1 heterocycles. The molecule has 1 saturated heterocycles. The third kappa shape index (κ3) is 3.27. The van der Waals surface area contributed by atoms with Gasteiger partial charge >= 0.3 is 0 Å². The average Bonchev–Trinajstić information content (AvgIpc) is 2.86. The highest BCUT2D eigenvalue weighted by atomic mass is 19.1. The van der Waals surface area contributed by atoms with E-state index in [1.807, 2.05) is 0 Å². The van der Waals surface area contributed by atoms with Gasteiger partial charge < -0.3 is 15.8 Å². The van der Waals surface area contributed by atoms with Crippen LogP contribution in [0, 0.1) is 5.82 Å². The number of benzene rings is 1. The number of hydrogen-bond acceptors (Lipinski definition) is 3. The molecule has 2 rings (SSSR count). The van der Waals surface area contributed by atoms with E-state index in [9.17, 15) is 9.18 Å². The van der Waals surface area contributed by atoms with E-state index in [4.69, 9.17) is 10.5 Å². The van der Waals surface area contributed by atoms with Gasteiger partial charge in [-0.2, -0.15) is 0 Å². The first-order valence-corrected chi connectivity index (χ1v) is 6.06. The molecule has 0 aromatic heterocycles. The second-order valence-corrected chi connectivity index (χ2v) is 4.40. The van der Waals surface area contributed by atoms with Crippen LogP contribution >= 0.6 is 0 Å². The Labute approximate surface area is 105 Å². The van der Waals surface area contributed by atoms with Crippen molar-refractivity contribution in [2.75, 3.05) is 6.54 Å². The molecule has 1 aliphatic rings. The van der Waals surface area contributed by atoms with E-state index in [2.05, 4.69) is 5.32 Å². The predicted molar refractivity (Wildman–Crippen MR) is 65.2 cm³/mol. The lowest BCUT2D eigenvalue weighted by molar-refractivity contribution is -0.132. The summed E-state index contributed by atoms with van der Waals surface area (Å²) in [6, 6.07) is 6.04. The molecule has 2 atom stereocenters. The van der Waals surface area contributed by atoms with Gasteiger partial charge in [0.2, 0.25) is 5.91 Å². The highest BCUT2D eigenvalue weighted by Crippen LogP contribution is 2.18. The molecule has 0 spiro atoms. The molecule has 1 aromatic rings. The van der Waals surface area contributed by atoms with Crippen LogP contribution < -0.4 is 11.1 Å². The van der Waals surface area contributed by atoms with Gasteiger partial charge in [0.05, 0.1) is 6.10 Å². The van der Waals surface area contributed by atoms with Gasteiger partial charge in [-0.05, 0) is 30.5 Å². The molecule has 1 fully saturated rings. The first kappa shape index (κ1) is 13.0. The Morgan fingerprint density at radius 1 is 1.39 bits per heavy atom. The second kappa shape index (κ2) is 5.93. The number of nitrogens with one attached hydrogen (secondary N) is 1. The lowest BCUT2D eigenvalue weighted by Gasteiger charge is -2.12. The summed E-state index contributed by atoms with van der Waals surface area (Å²) < 4.78 is 18.2. The van der Waals surface area contributed by atoms with Crippen molar-refractivity contribution in [3.8, 4) is 0 Å². The topological polar surface area (TPSA) is 64.4 Å².